The van der Waals surface area contributed by atoms with Crippen LogP contribution in [0.3, 0.4) is 0 Å². The van der Waals surface area contributed by atoms with E-state index in [2.05, 4.69) is 10.2 Å². The first-order chi connectivity index (χ1) is 13.7. The summed E-state index contributed by atoms with van der Waals surface area (Å²) >= 11 is 12.4. The summed E-state index contributed by atoms with van der Waals surface area (Å²) in [5.74, 6) is 2.49. The molecule has 4 aromatic rings. The van der Waals surface area contributed by atoms with Crippen LogP contribution < -0.4 is 0 Å². The first kappa shape index (κ1) is 18.3. The smallest absolute Gasteiger partial charge is 0.147 e. The van der Waals surface area contributed by atoms with Gasteiger partial charge >= 0.3 is 0 Å². The van der Waals surface area contributed by atoms with Crippen molar-refractivity contribution in [3.63, 3.8) is 0 Å². The predicted octanol–water partition coefficient (Wildman–Crippen LogP) is 6.97. The van der Waals surface area contributed by atoms with Crippen LogP contribution in [0.4, 0.5) is 0 Å². The SMILES string of the molecule is Clc1ccccc1-c1ccc(/C=N/N=C/c2ccc(-c3ccccc3Cl)o2)o1. The Morgan fingerprint density at radius 2 is 1.00 bits per heavy atom. The monoisotopic (exact) mass is 408 g/mol. The molecule has 0 amide bonds. The summed E-state index contributed by atoms with van der Waals surface area (Å²) in [4.78, 5) is 0. The van der Waals surface area contributed by atoms with E-state index in [1.165, 1.54) is 12.4 Å². The molecule has 4 rings (SSSR count). The molecule has 0 aliphatic rings. The third kappa shape index (κ3) is 4.09. The molecule has 28 heavy (non-hydrogen) atoms. The summed E-state index contributed by atoms with van der Waals surface area (Å²) < 4.78 is 11.5. The Labute approximate surface area is 171 Å². The van der Waals surface area contributed by atoms with Crippen molar-refractivity contribution in [3.05, 3.63) is 94.4 Å². The van der Waals surface area contributed by atoms with Gasteiger partial charge in [-0.1, -0.05) is 47.5 Å². The third-order valence-corrected chi connectivity index (χ3v) is 4.63. The number of nitrogens with zero attached hydrogens (tertiary/aromatic N) is 2. The van der Waals surface area contributed by atoms with E-state index in [-0.39, 0.29) is 0 Å². The second-order valence-electron chi connectivity index (χ2n) is 5.85. The zero-order valence-corrected chi connectivity index (χ0v) is 16.1. The number of hydrogen-bond donors (Lipinski definition) is 0. The van der Waals surface area contributed by atoms with Crippen molar-refractivity contribution in [2.24, 2.45) is 10.2 Å². The molecule has 2 heterocycles. The number of hydrogen-bond acceptors (Lipinski definition) is 4. The molecule has 0 fully saturated rings. The van der Waals surface area contributed by atoms with E-state index in [9.17, 15) is 0 Å². The number of benzene rings is 2. The fourth-order valence-electron chi connectivity index (χ4n) is 2.64. The van der Waals surface area contributed by atoms with Gasteiger partial charge in [0.2, 0.25) is 0 Å². The Balaban J connectivity index is 1.44. The number of halogens is 2. The fourth-order valence-corrected chi connectivity index (χ4v) is 3.09. The van der Waals surface area contributed by atoms with Gasteiger partial charge in [-0.05, 0) is 48.5 Å². The highest BCUT2D eigenvalue weighted by atomic mass is 35.5. The van der Waals surface area contributed by atoms with Gasteiger partial charge in [-0.2, -0.15) is 10.2 Å². The van der Waals surface area contributed by atoms with Gasteiger partial charge in [-0.25, -0.2) is 0 Å². The predicted molar refractivity (Wildman–Crippen MR) is 113 cm³/mol. The zero-order chi connectivity index (χ0) is 19.3. The van der Waals surface area contributed by atoms with Crippen LogP contribution in [-0.2, 0) is 0 Å². The molecular weight excluding hydrogens is 395 g/mol. The molecule has 0 aliphatic heterocycles. The molecule has 0 saturated carbocycles. The van der Waals surface area contributed by atoms with E-state index in [4.69, 9.17) is 32.0 Å². The van der Waals surface area contributed by atoms with Crippen molar-refractivity contribution in [1.82, 2.24) is 0 Å². The molecule has 0 N–H and O–H groups in total. The minimum Gasteiger partial charge on any atom is -0.455 e. The average Bonchev–Trinajstić information content (AvgIpc) is 3.36. The first-order valence-corrected chi connectivity index (χ1v) is 9.22. The minimum atomic E-state index is 0.572. The van der Waals surface area contributed by atoms with E-state index < -0.39 is 0 Å². The van der Waals surface area contributed by atoms with Gasteiger partial charge in [0.15, 0.2) is 0 Å². The molecule has 0 saturated heterocycles. The Kier molecular flexibility index (Phi) is 5.42. The molecule has 0 radical (unpaired) electrons. The Hall–Kier alpha value is -3.08. The molecule has 6 heteroatoms. The highest BCUT2D eigenvalue weighted by Crippen LogP contribution is 2.29. The number of furan rings is 2. The fraction of sp³-hybridized carbons (Fsp3) is 0. The Morgan fingerprint density at radius 1 is 0.571 bits per heavy atom. The lowest BCUT2D eigenvalue weighted by atomic mass is 10.2. The normalized spacial score (nSPS) is 11.6. The van der Waals surface area contributed by atoms with Crippen LogP contribution in [0.2, 0.25) is 10.0 Å². The first-order valence-electron chi connectivity index (χ1n) is 8.46. The van der Waals surface area contributed by atoms with Crippen molar-refractivity contribution in [1.29, 1.82) is 0 Å². The molecule has 138 valence electrons. The van der Waals surface area contributed by atoms with E-state index >= 15 is 0 Å². The summed E-state index contributed by atoms with van der Waals surface area (Å²) in [6.45, 7) is 0. The summed E-state index contributed by atoms with van der Waals surface area (Å²) in [6, 6.07) is 22.3. The molecule has 0 unspecified atom stereocenters. The maximum Gasteiger partial charge on any atom is 0.147 e. The van der Waals surface area contributed by atoms with Crippen molar-refractivity contribution < 1.29 is 8.83 Å². The van der Waals surface area contributed by atoms with Crippen molar-refractivity contribution in [3.8, 4) is 22.6 Å². The van der Waals surface area contributed by atoms with Crippen LogP contribution in [0.1, 0.15) is 11.5 Å². The molecule has 2 aromatic heterocycles. The van der Waals surface area contributed by atoms with E-state index in [1.807, 2.05) is 60.7 Å². The van der Waals surface area contributed by atoms with Crippen molar-refractivity contribution >= 4 is 35.6 Å². The lowest BCUT2D eigenvalue weighted by Gasteiger charge is -1.98. The van der Waals surface area contributed by atoms with E-state index in [0.29, 0.717) is 33.1 Å². The topological polar surface area (TPSA) is 51.0 Å². The molecule has 0 spiro atoms. The van der Waals surface area contributed by atoms with E-state index in [0.717, 1.165) is 11.1 Å². The maximum atomic E-state index is 6.18. The molecule has 0 aliphatic carbocycles. The Morgan fingerprint density at radius 3 is 1.43 bits per heavy atom. The van der Waals surface area contributed by atoms with Gasteiger partial charge in [0, 0.05) is 11.1 Å². The summed E-state index contributed by atoms with van der Waals surface area (Å²) in [5, 5.41) is 9.26. The van der Waals surface area contributed by atoms with Crippen LogP contribution in [0, 0.1) is 0 Å². The van der Waals surface area contributed by atoms with Gasteiger partial charge in [0.25, 0.3) is 0 Å². The molecule has 0 atom stereocenters. The van der Waals surface area contributed by atoms with Crippen LogP contribution in [0.5, 0.6) is 0 Å². The minimum absolute atomic E-state index is 0.572. The highest BCUT2D eigenvalue weighted by Gasteiger charge is 2.08. The van der Waals surface area contributed by atoms with Crippen LogP contribution in [0.25, 0.3) is 22.6 Å². The number of rotatable bonds is 5. The highest BCUT2D eigenvalue weighted by molar-refractivity contribution is 6.33. The van der Waals surface area contributed by atoms with Crippen molar-refractivity contribution in [2.45, 2.75) is 0 Å². The zero-order valence-electron chi connectivity index (χ0n) is 14.5. The second-order valence-corrected chi connectivity index (χ2v) is 6.67. The molecule has 0 bridgehead atoms. The molecule has 4 nitrogen and oxygen atoms in total. The Bertz CT molecular complexity index is 1070. The summed E-state index contributed by atoms with van der Waals surface area (Å²) in [6.07, 6.45) is 3.05. The second kappa shape index (κ2) is 8.30. The van der Waals surface area contributed by atoms with Gasteiger partial charge < -0.3 is 8.83 Å². The van der Waals surface area contributed by atoms with Crippen molar-refractivity contribution in [2.75, 3.05) is 0 Å². The van der Waals surface area contributed by atoms with Crippen LogP contribution >= 0.6 is 23.2 Å². The lowest BCUT2D eigenvalue weighted by Crippen LogP contribution is -1.77. The maximum absolute atomic E-state index is 6.18. The quantitative estimate of drug-likeness (QED) is 0.264. The van der Waals surface area contributed by atoms with Gasteiger partial charge in [-0.15, -0.1) is 0 Å². The standard InChI is InChI=1S/C22H14Cl2N2O2/c23-19-7-3-1-5-17(19)21-11-9-15(27-21)13-25-26-14-16-10-12-22(28-16)18-6-2-4-8-20(18)24/h1-14H/b25-13+,26-14+. The van der Waals surface area contributed by atoms with Gasteiger partial charge in [0.1, 0.15) is 23.0 Å². The molecular formula is C22H14Cl2N2O2. The average molecular weight is 409 g/mol. The molecule has 2 aromatic carbocycles. The largest absolute Gasteiger partial charge is 0.455 e. The summed E-state index contributed by atoms with van der Waals surface area (Å²) in [5.41, 5.74) is 1.66. The van der Waals surface area contributed by atoms with Crippen LogP contribution in [0.15, 0.2) is 91.8 Å². The van der Waals surface area contributed by atoms with Gasteiger partial charge in [0.05, 0.1) is 22.5 Å². The lowest BCUT2D eigenvalue weighted by molar-refractivity contribution is 0.573. The van der Waals surface area contributed by atoms with Gasteiger partial charge in [-0.3, -0.25) is 0 Å². The van der Waals surface area contributed by atoms with E-state index in [1.54, 1.807) is 12.1 Å². The third-order valence-electron chi connectivity index (χ3n) is 3.97. The van der Waals surface area contributed by atoms with Crippen LogP contribution in [-0.4, -0.2) is 12.4 Å². The summed E-state index contributed by atoms with van der Waals surface area (Å²) in [7, 11) is 0.